The van der Waals surface area contributed by atoms with Crippen LogP contribution in [0.15, 0.2) is 25.6 Å². The number of halogens is 4. The van der Waals surface area contributed by atoms with E-state index >= 15 is 0 Å². The molecule has 0 fully saturated rings. The lowest BCUT2D eigenvalue weighted by Gasteiger charge is -2.10. The van der Waals surface area contributed by atoms with Gasteiger partial charge in [-0.25, -0.2) is 0 Å². The van der Waals surface area contributed by atoms with Crippen molar-refractivity contribution >= 4 is 69.6 Å². The summed E-state index contributed by atoms with van der Waals surface area (Å²) in [6.07, 6.45) is 0.545. The summed E-state index contributed by atoms with van der Waals surface area (Å²) in [4.78, 5) is 10.6. The van der Waals surface area contributed by atoms with Gasteiger partial charge in [-0.15, -0.1) is 0 Å². The van der Waals surface area contributed by atoms with Gasteiger partial charge in [0, 0.05) is 13.4 Å². The molecule has 1 atom stereocenters. The smallest absolute Gasteiger partial charge is 0.231 e. The number of benzene rings is 1. The Labute approximate surface area is 121 Å². The Balaban J connectivity index is 3.00. The lowest BCUT2D eigenvalue weighted by atomic mass is 10.1. The number of hydrogen-bond donors (Lipinski definition) is 1. The van der Waals surface area contributed by atoms with Crippen LogP contribution in [0.5, 0.6) is 0 Å². The van der Waals surface area contributed by atoms with Crippen LogP contribution in [0.1, 0.15) is 5.56 Å². The number of amides is 1. The van der Waals surface area contributed by atoms with E-state index in [-0.39, 0.29) is 10.7 Å². The van der Waals surface area contributed by atoms with Crippen molar-refractivity contribution in [3.63, 3.8) is 0 Å². The van der Waals surface area contributed by atoms with E-state index in [1.807, 2.05) is 12.1 Å². The third kappa shape index (κ3) is 3.84. The molecule has 1 aromatic carbocycles. The minimum absolute atomic E-state index is 0.355. The summed E-state index contributed by atoms with van der Waals surface area (Å²) in [6, 6.07) is 3.86. The predicted molar refractivity (Wildman–Crippen MR) is 75.2 cm³/mol. The van der Waals surface area contributed by atoms with E-state index in [4.69, 9.17) is 5.73 Å². The van der Waals surface area contributed by atoms with Gasteiger partial charge < -0.3 is 5.73 Å². The largest absolute Gasteiger partial charge is 0.369 e. The van der Waals surface area contributed by atoms with Gasteiger partial charge >= 0.3 is 0 Å². The number of carbonyl (C=O) groups excluding carboxylic acids is 1. The number of alkyl halides is 1. The van der Waals surface area contributed by atoms with Crippen molar-refractivity contribution in [3.8, 4) is 0 Å². The number of rotatable bonds is 3. The Bertz CT molecular complexity index is 371. The van der Waals surface area contributed by atoms with Gasteiger partial charge in [-0.2, -0.15) is 0 Å². The second-order valence-electron chi connectivity index (χ2n) is 2.92. The highest BCUT2D eigenvalue weighted by molar-refractivity contribution is 9.11. The van der Waals surface area contributed by atoms with Gasteiger partial charge in [0.1, 0.15) is 0 Å². The first-order valence-electron chi connectivity index (χ1n) is 3.98. The monoisotopic (exact) mass is 461 g/mol. The van der Waals surface area contributed by atoms with Crippen LogP contribution in [0.4, 0.5) is 0 Å². The molecule has 0 spiro atoms. The number of hydrogen-bond acceptors (Lipinski definition) is 1. The molecule has 0 aromatic heterocycles. The second-order valence-corrected chi connectivity index (χ2v) is 6.65. The number of primary amides is 1. The van der Waals surface area contributed by atoms with Crippen LogP contribution < -0.4 is 5.73 Å². The Hall–Kier alpha value is 0.610. The van der Waals surface area contributed by atoms with Crippen LogP contribution in [-0.2, 0) is 11.2 Å². The zero-order chi connectivity index (χ0) is 11.6. The molecule has 0 saturated heterocycles. The van der Waals surface area contributed by atoms with Crippen molar-refractivity contribution in [1.29, 1.82) is 0 Å². The second kappa shape index (κ2) is 5.80. The summed E-state index contributed by atoms with van der Waals surface area (Å²) in [6.45, 7) is 0. The summed E-state index contributed by atoms with van der Waals surface area (Å²) in [5.74, 6) is -0.364. The van der Waals surface area contributed by atoms with Gasteiger partial charge in [-0.05, 0) is 24.1 Å². The summed E-state index contributed by atoms with van der Waals surface area (Å²) >= 11 is 13.5. The van der Waals surface area contributed by atoms with Crippen molar-refractivity contribution in [1.82, 2.24) is 0 Å². The van der Waals surface area contributed by atoms with Crippen molar-refractivity contribution in [2.75, 3.05) is 0 Å². The highest BCUT2D eigenvalue weighted by Gasteiger charge is 2.16. The molecule has 6 heteroatoms. The molecule has 2 nitrogen and oxygen atoms in total. The molecule has 0 aliphatic carbocycles. The topological polar surface area (TPSA) is 43.1 Å². The predicted octanol–water partition coefficient (Wildman–Crippen LogP) is 3.77. The molecule has 1 amide bonds. The number of carbonyl (C=O) groups is 1. The molecule has 0 heterocycles. The Morgan fingerprint density at radius 2 is 1.73 bits per heavy atom. The molecule has 0 aliphatic heterocycles. The van der Waals surface area contributed by atoms with E-state index in [1.165, 1.54) is 0 Å². The maximum absolute atomic E-state index is 10.9. The van der Waals surface area contributed by atoms with E-state index in [2.05, 4.69) is 63.7 Å². The Kier molecular flexibility index (Phi) is 5.28. The van der Waals surface area contributed by atoms with Gasteiger partial charge in [-0.3, -0.25) is 4.79 Å². The van der Waals surface area contributed by atoms with Gasteiger partial charge in [0.05, 0.1) is 4.83 Å². The molecular formula is C9H7Br4NO. The third-order valence-electron chi connectivity index (χ3n) is 1.80. The Morgan fingerprint density at radius 3 is 2.13 bits per heavy atom. The molecule has 1 rings (SSSR count). The van der Waals surface area contributed by atoms with Gasteiger partial charge in [0.15, 0.2) is 0 Å². The van der Waals surface area contributed by atoms with E-state index in [9.17, 15) is 4.79 Å². The van der Waals surface area contributed by atoms with Gasteiger partial charge in [0.25, 0.3) is 0 Å². The minimum atomic E-state index is -0.364. The van der Waals surface area contributed by atoms with Gasteiger partial charge in [-0.1, -0.05) is 63.7 Å². The third-order valence-corrected chi connectivity index (χ3v) is 4.45. The van der Waals surface area contributed by atoms with Crippen LogP contribution in [0.3, 0.4) is 0 Å². The summed E-state index contributed by atoms with van der Waals surface area (Å²) < 4.78 is 2.85. The van der Waals surface area contributed by atoms with Crippen LogP contribution in [0.25, 0.3) is 0 Å². The standard InChI is InChI=1S/C9H7Br4NO/c10-4-1-6(11)5(7(12)2-4)3-8(13)9(14)15/h1-2,8H,3H2,(H2,14,15). The molecule has 1 unspecified atom stereocenters. The SMILES string of the molecule is NC(=O)C(Br)Cc1c(Br)cc(Br)cc1Br. The zero-order valence-corrected chi connectivity index (χ0v) is 13.8. The summed E-state index contributed by atoms with van der Waals surface area (Å²) in [7, 11) is 0. The van der Waals surface area contributed by atoms with Gasteiger partial charge in [0.2, 0.25) is 5.91 Å². The molecule has 0 saturated carbocycles. The Morgan fingerprint density at radius 1 is 1.27 bits per heavy atom. The van der Waals surface area contributed by atoms with Crippen molar-refractivity contribution in [2.24, 2.45) is 5.73 Å². The summed E-state index contributed by atoms with van der Waals surface area (Å²) in [5, 5.41) is 0. The quantitative estimate of drug-likeness (QED) is 0.680. The van der Waals surface area contributed by atoms with Crippen molar-refractivity contribution in [3.05, 3.63) is 31.1 Å². The molecule has 15 heavy (non-hydrogen) atoms. The fourth-order valence-electron chi connectivity index (χ4n) is 1.05. The highest BCUT2D eigenvalue weighted by Crippen LogP contribution is 2.31. The van der Waals surface area contributed by atoms with Crippen molar-refractivity contribution in [2.45, 2.75) is 11.2 Å². The van der Waals surface area contributed by atoms with Crippen molar-refractivity contribution < 1.29 is 4.79 Å². The van der Waals surface area contributed by atoms with E-state index in [1.54, 1.807) is 0 Å². The molecule has 0 radical (unpaired) electrons. The fourth-order valence-corrected chi connectivity index (χ4v) is 3.95. The average molecular weight is 465 g/mol. The normalized spacial score (nSPS) is 12.5. The highest BCUT2D eigenvalue weighted by atomic mass is 79.9. The molecule has 1 aromatic rings. The van der Waals surface area contributed by atoms with Crippen LogP contribution >= 0.6 is 63.7 Å². The first-order valence-corrected chi connectivity index (χ1v) is 7.28. The van der Waals surface area contributed by atoms with E-state index in [0.29, 0.717) is 6.42 Å². The number of nitrogens with two attached hydrogens (primary N) is 1. The lowest BCUT2D eigenvalue weighted by molar-refractivity contribution is -0.117. The maximum Gasteiger partial charge on any atom is 0.231 e. The fraction of sp³-hybridized carbons (Fsp3) is 0.222. The van der Waals surface area contributed by atoms with E-state index < -0.39 is 0 Å². The molecule has 0 bridgehead atoms. The molecule has 82 valence electrons. The average Bonchev–Trinajstić information content (AvgIpc) is 2.10. The minimum Gasteiger partial charge on any atom is -0.369 e. The van der Waals surface area contributed by atoms with E-state index in [0.717, 1.165) is 19.0 Å². The van der Waals surface area contributed by atoms with Crippen LogP contribution in [0.2, 0.25) is 0 Å². The van der Waals surface area contributed by atoms with Crippen LogP contribution in [0, 0.1) is 0 Å². The molecule has 2 N–H and O–H groups in total. The zero-order valence-electron chi connectivity index (χ0n) is 7.44. The molecule has 0 aliphatic rings. The van der Waals surface area contributed by atoms with Crippen LogP contribution in [-0.4, -0.2) is 10.7 Å². The maximum atomic E-state index is 10.9. The summed E-state index contributed by atoms with van der Waals surface area (Å²) in [5.41, 5.74) is 6.20. The first kappa shape index (κ1) is 13.7. The first-order chi connectivity index (χ1) is 6.91. The molecular weight excluding hydrogens is 458 g/mol. The lowest BCUT2D eigenvalue weighted by Crippen LogP contribution is -2.25.